The van der Waals surface area contributed by atoms with Crippen molar-refractivity contribution in [3.8, 4) is 0 Å². The molecule has 1 heterocycles. The van der Waals surface area contributed by atoms with Gasteiger partial charge >= 0.3 is 15.2 Å². The first kappa shape index (κ1) is 29.7. The number of hydrogen-bond donors (Lipinski definition) is 1. The summed E-state index contributed by atoms with van der Waals surface area (Å²) in [5.41, 5.74) is 0.169. The summed E-state index contributed by atoms with van der Waals surface area (Å²) in [6.45, 7) is 7.25. The third kappa shape index (κ3) is 6.07. The molecule has 0 aliphatic carbocycles. The second-order valence-electron chi connectivity index (χ2n) is 7.93. The Labute approximate surface area is 220 Å². The number of hydrogen-bond acceptors (Lipinski definition) is 9. The van der Waals surface area contributed by atoms with Gasteiger partial charge in [0, 0.05) is 29.6 Å². The zero-order valence-corrected chi connectivity index (χ0v) is 23.6. The third-order valence-electron chi connectivity index (χ3n) is 5.47. The van der Waals surface area contributed by atoms with Crippen molar-refractivity contribution < 1.29 is 36.9 Å². The maximum Gasteiger partial charge on any atom is 0.361 e. The highest BCUT2D eigenvalue weighted by atomic mass is 31.2. The van der Waals surface area contributed by atoms with E-state index in [4.69, 9.17) is 18.1 Å². The van der Waals surface area contributed by atoms with Crippen LogP contribution in [0.5, 0.6) is 0 Å². The molecule has 12 nitrogen and oxygen atoms in total. The van der Waals surface area contributed by atoms with Crippen LogP contribution in [0.1, 0.15) is 38.2 Å². The van der Waals surface area contributed by atoms with Crippen LogP contribution in [0.25, 0.3) is 10.8 Å². The van der Waals surface area contributed by atoms with Crippen LogP contribution in [0.15, 0.2) is 42.6 Å². The zero-order chi connectivity index (χ0) is 28.1. The van der Waals surface area contributed by atoms with Gasteiger partial charge in [0.05, 0.1) is 48.2 Å². The molecule has 0 radical (unpaired) electrons. The van der Waals surface area contributed by atoms with Gasteiger partial charge in [-0.2, -0.15) is 0 Å². The summed E-state index contributed by atoms with van der Waals surface area (Å²) in [6.07, 6.45) is 1.24. The number of aromatic nitrogens is 1. The van der Waals surface area contributed by atoms with Gasteiger partial charge in [-0.25, -0.2) is 0 Å². The van der Waals surface area contributed by atoms with Crippen LogP contribution >= 0.6 is 15.2 Å². The topological polar surface area (TPSA) is 148 Å². The van der Waals surface area contributed by atoms with Crippen molar-refractivity contribution in [3.05, 3.63) is 58.4 Å². The van der Waals surface area contributed by atoms with Gasteiger partial charge in [-0.15, -0.1) is 0 Å². The molecule has 0 unspecified atom stereocenters. The molecule has 1 amide bonds. The molecule has 3 rings (SSSR count). The largest absolute Gasteiger partial charge is 0.361 e. The van der Waals surface area contributed by atoms with Crippen LogP contribution < -0.4 is 15.9 Å². The molecule has 0 fully saturated rings. The minimum Gasteiger partial charge on any atom is -0.340 e. The summed E-state index contributed by atoms with van der Waals surface area (Å²) >= 11 is 0. The van der Waals surface area contributed by atoms with Crippen molar-refractivity contribution in [1.29, 1.82) is 0 Å². The second-order valence-corrected chi connectivity index (χ2v) is 12.0. The Bertz CT molecular complexity index is 1420. The van der Waals surface area contributed by atoms with Crippen LogP contribution in [-0.2, 0) is 34.3 Å². The van der Waals surface area contributed by atoms with E-state index in [1.165, 1.54) is 36.0 Å². The molecule has 0 saturated heterocycles. The number of rotatable bonds is 13. The summed E-state index contributed by atoms with van der Waals surface area (Å²) < 4.78 is 50.7. The number of nitrogens with one attached hydrogen (secondary N) is 1. The minimum absolute atomic E-state index is 0.0667. The molecular weight excluding hydrogens is 536 g/mol. The Morgan fingerprint density at radius 3 is 2.00 bits per heavy atom. The Hall–Kier alpha value is -2.85. The number of carbonyl (C=O) groups excluding carboxylic acids is 1. The van der Waals surface area contributed by atoms with Gasteiger partial charge in [-0.05, 0) is 52.0 Å². The fraction of sp³-hybridized carbons (Fsp3) is 0.375. The monoisotopic (exact) mass is 567 g/mol. The molecule has 38 heavy (non-hydrogen) atoms. The lowest BCUT2D eigenvalue weighted by atomic mass is 10.1. The quantitative estimate of drug-likeness (QED) is 0.169. The number of anilines is 1. The van der Waals surface area contributed by atoms with Crippen molar-refractivity contribution in [2.45, 2.75) is 27.7 Å². The zero-order valence-electron chi connectivity index (χ0n) is 21.8. The molecule has 206 valence electrons. The molecule has 0 saturated carbocycles. The van der Waals surface area contributed by atoms with Crippen LogP contribution in [0.3, 0.4) is 0 Å². The van der Waals surface area contributed by atoms with Gasteiger partial charge in [0.1, 0.15) is 5.69 Å². The molecule has 2 aromatic carbocycles. The third-order valence-corrected chi connectivity index (χ3v) is 9.75. The van der Waals surface area contributed by atoms with Crippen molar-refractivity contribution in [2.75, 3.05) is 31.7 Å². The molecule has 0 atom stereocenters. The first-order valence-corrected chi connectivity index (χ1v) is 15.1. The molecule has 0 aliphatic heterocycles. The summed E-state index contributed by atoms with van der Waals surface area (Å²) in [5.74, 6) is -0.592. The molecule has 0 bridgehead atoms. The number of nitro groups is 1. The van der Waals surface area contributed by atoms with Gasteiger partial charge in [-0.1, -0.05) is 6.07 Å². The summed E-state index contributed by atoms with van der Waals surface area (Å²) in [7, 11) is -6.00. The van der Waals surface area contributed by atoms with Crippen LogP contribution in [0, 0.1) is 10.1 Å². The number of nitrogens with zero attached hydrogens (tertiary/aromatic N) is 2. The number of carbonyl (C=O) groups is 1. The molecule has 14 heteroatoms. The normalized spacial score (nSPS) is 12.1. The number of fused-ring (bicyclic) bond motifs is 1. The van der Waals surface area contributed by atoms with Gasteiger partial charge in [0.2, 0.25) is 0 Å². The van der Waals surface area contributed by atoms with E-state index >= 15 is 0 Å². The molecule has 0 spiro atoms. The Morgan fingerprint density at radius 1 is 0.895 bits per heavy atom. The standard InChI is InChI=1S/C24H31N3O9P2/c1-6-33-37(31,34-7-2)18-10-11-19-20(15-18)23(38(32,35-8-3)36-9-4)13-12-21(19)25-24(28)22-14-17(27(29)30)16-26(22)5/h10-16H,6-9H2,1-5H3,(H,25,28). The summed E-state index contributed by atoms with van der Waals surface area (Å²) in [4.78, 5) is 23.6. The van der Waals surface area contributed by atoms with Crippen molar-refractivity contribution in [3.63, 3.8) is 0 Å². The maximum absolute atomic E-state index is 13.8. The predicted octanol–water partition coefficient (Wildman–Crippen LogP) is 5.12. The van der Waals surface area contributed by atoms with E-state index in [2.05, 4.69) is 5.32 Å². The van der Waals surface area contributed by atoms with E-state index < -0.39 is 26.0 Å². The van der Waals surface area contributed by atoms with Crippen LogP contribution in [-0.4, -0.2) is 41.8 Å². The highest BCUT2D eigenvalue weighted by Crippen LogP contribution is 2.51. The highest BCUT2D eigenvalue weighted by Gasteiger charge is 2.32. The van der Waals surface area contributed by atoms with Crippen molar-refractivity contribution in [1.82, 2.24) is 4.57 Å². The number of amides is 1. The number of benzene rings is 2. The minimum atomic E-state index is -3.81. The fourth-order valence-electron chi connectivity index (χ4n) is 3.94. The van der Waals surface area contributed by atoms with E-state index in [1.807, 2.05) is 0 Å². The Balaban J connectivity index is 2.21. The number of aryl methyl sites for hydroxylation is 1. The van der Waals surface area contributed by atoms with E-state index in [0.717, 1.165) is 0 Å². The summed E-state index contributed by atoms with van der Waals surface area (Å²) in [5, 5.41) is 15.1. The van der Waals surface area contributed by atoms with Crippen LogP contribution in [0.2, 0.25) is 0 Å². The lowest BCUT2D eigenvalue weighted by Gasteiger charge is -2.22. The maximum atomic E-state index is 13.8. The van der Waals surface area contributed by atoms with Crippen LogP contribution in [0.4, 0.5) is 11.4 Å². The van der Waals surface area contributed by atoms with Gasteiger partial charge in [0.15, 0.2) is 0 Å². The van der Waals surface area contributed by atoms with E-state index in [1.54, 1.807) is 45.9 Å². The van der Waals surface area contributed by atoms with E-state index in [-0.39, 0.29) is 48.4 Å². The second kappa shape index (κ2) is 12.3. The SMILES string of the molecule is CCOP(=O)(OCC)c1ccc2c(NC(=O)c3cc([N+](=O)[O-])cn3C)ccc(P(=O)(OCC)OCC)c2c1. The van der Waals surface area contributed by atoms with E-state index in [9.17, 15) is 24.0 Å². The molecule has 0 aliphatic rings. The van der Waals surface area contributed by atoms with Crippen molar-refractivity contribution in [2.24, 2.45) is 7.05 Å². The molecule has 1 N–H and O–H groups in total. The fourth-order valence-corrected chi connectivity index (χ4v) is 7.31. The van der Waals surface area contributed by atoms with E-state index in [0.29, 0.717) is 16.5 Å². The first-order chi connectivity index (χ1) is 18.0. The van der Waals surface area contributed by atoms with Gasteiger partial charge < -0.3 is 28.0 Å². The molecule has 1 aromatic heterocycles. The molecule has 3 aromatic rings. The lowest BCUT2D eigenvalue weighted by Crippen LogP contribution is -2.19. The predicted molar refractivity (Wildman–Crippen MR) is 145 cm³/mol. The Kier molecular flexibility index (Phi) is 9.64. The first-order valence-electron chi connectivity index (χ1n) is 12.0. The highest BCUT2D eigenvalue weighted by molar-refractivity contribution is 7.63. The van der Waals surface area contributed by atoms with Gasteiger partial charge in [-0.3, -0.25) is 24.0 Å². The average Bonchev–Trinajstić information content (AvgIpc) is 3.26. The average molecular weight is 567 g/mol. The Morgan fingerprint density at radius 2 is 1.47 bits per heavy atom. The smallest absolute Gasteiger partial charge is 0.340 e. The van der Waals surface area contributed by atoms with Gasteiger partial charge in [0.25, 0.3) is 11.6 Å². The summed E-state index contributed by atoms with van der Waals surface area (Å²) in [6, 6.07) is 8.90. The molecular formula is C24H31N3O9P2. The van der Waals surface area contributed by atoms with Crippen molar-refractivity contribution >= 4 is 53.9 Å². The lowest BCUT2D eigenvalue weighted by molar-refractivity contribution is -0.384.